The van der Waals surface area contributed by atoms with Crippen molar-refractivity contribution in [3.63, 3.8) is 0 Å². The third-order valence-corrected chi connectivity index (χ3v) is 2.10. The average Bonchev–Trinajstić information content (AvgIpc) is 2.46. The Hall–Kier alpha value is -1.31. The number of aryl methyl sites for hydroxylation is 2. The van der Waals surface area contributed by atoms with E-state index in [0.29, 0.717) is 0 Å². The molecule has 0 aliphatic heterocycles. The third kappa shape index (κ3) is 0.998. The van der Waals surface area contributed by atoms with Gasteiger partial charge in [-0.25, -0.2) is 0 Å². The third-order valence-electron chi connectivity index (χ3n) is 2.10. The minimum atomic E-state index is 1.01. The molecule has 0 fully saturated rings. The van der Waals surface area contributed by atoms with Crippen molar-refractivity contribution in [3.05, 3.63) is 30.1 Å². The summed E-state index contributed by atoms with van der Waals surface area (Å²) in [5.41, 5.74) is 3.54. The molecule has 0 aliphatic carbocycles. The lowest BCUT2D eigenvalue weighted by molar-refractivity contribution is 0.797. The van der Waals surface area contributed by atoms with Gasteiger partial charge in [0.2, 0.25) is 0 Å². The SMILES string of the molecule is CCn1ccc2ncc(C)cc21. The Bertz CT molecular complexity index is 401. The molecule has 0 amide bonds. The lowest BCUT2D eigenvalue weighted by Crippen LogP contribution is -1.91. The van der Waals surface area contributed by atoms with Gasteiger partial charge in [0, 0.05) is 18.9 Å². The molecule has 0 atom stereocenters. The van der Waals surface area contributed by atoms with Crippen molar-refractivity contribution in [2.24, 2.45) is 0 Å². The molecule has 0 saturated carbocycles. The van der Waals surface area contributed by atoms with Crippen molar-refractivity contribution >= 4 is 11.0 Å². The maximum Gasteiger partial charge on any atom is 0.0881 e. The van der Waals surface area contributed by atoms with Crippen molar-refractivity contribution in [1.29, 1.82) is 0 Å². The topological polar surface area (TPSA) is 17.8 Å². The standard InChI is InChI=1S/C10H12N2/c1-3-12-5-4-9-10(12)6-8(2)7-11-9/h4-7H,3H2,1-2H3. The van der Waals surface area contributed by atoms with E-state index in [4.69, 9.17) is 0 Å². The van der Waals surface area contributed by atoms with Gasteiger partial charge in [0.15, 0.2) is 0 Å². The van der Waals surface area contributed by atoms with Crippen LogP contribution >= 0.6 is 0 Å². The summed E-state index contributed by atoms with van der Waals surface area (Å²) in [6, 6.07) is 4.23. The molecule has 0 aromatic carbocycles. The fourth-order valence-electron chi connectivity index (χ4n) is 1.44. The van der Waals surface area contributed by atoms with E-state index in [1.165, 1.54) is 11.1 Å². The molecule has 2 aromatic heterocycles. The highest BCUT2D eigenvalue weighted by Gasteiger charge is 1.99. The molecule has 0 unspecified atom stereocenters. The van der Waals surface area contributed by atoms with Gasteiger partial charge in [-0.2, -0.15) is 0 Å². The first-order valence-corrected chi connectivity index (χ1v) is 4.22. The zero-order chi connectivity index (χ0) is 8.55. The first-order valence-electron chi connectivity index (χ1n) is 4.22. The molecule has 0 spiro atoms. The second-order valence-corrected chi connectivity index (χ2v) is 3.02. The first-order chi connectivity index (χ1) is 5.81. The molecular weight excluding hydrogens is 148 g/mol. The van der Waals surface area contributed by atoms with E-state index in [9.17, 15) is 0 Å². The summed E-state index contributed by atoms with van der Waals surface area (Å²) in [6.45, 7) is 5.22. The zero-order valence-corrected chi connectivity index (χ0v) is 7.41. The van der Waals surface area contributed by atoms with Gasteiger partial charge < -0.3 is 4.57 Å². The Morgan fingerprint density at radius 2 is 2.33 bits per heavy atom. The van der Waals surface area contributed by atoms with Crippen LogP contribution in [0.4, 0.5) is 0 Å². The fraction of sp³-hybridized carbons (Fsp3) is 0.300. The molecule has 2 rings (SSSR count). The molecule has 0 radical (unpaired) electrons. The van der Waals surface area contributed by atoms with Crippen molar-refractivity contribution < 1.29 is 0 Å². The normalized spacial score (nSPS) is 10.8. The molecule has 62 valence electrons. The fourth-order valence-corrected chi connectivity index (χ4v) is 1.44. The quantitative estimate of drug-likeness (QED) is 0.626. The summed E-state index contributed by atoms with van der Waals surface area (Å²) in [6.07, 6.45) is 3.99. The number of nitrogens with zero attached hydrogens (tertiary/aromatic N) is 2. The predicted molar refractivity (Wildman–Crippen MR) is 50.1 cm³/mol. The van der Waals surface area contributed by atoms with Crippen LogP contribution in [-0.4, -0.2) is 9.55 Å². The Balaban J connectivity index is 2.75. The van der Waals surface area contributed by atoms with E-state index >= 15 is 0 Å². The summed E-state index contributed by atoms with van der Waals surface area (Å²) in [4.78, 5) is 4.33. The Morgan fingerprint density at radius 1 is 1.50 bits per heavy atom. The second kappa shape index (κ2) is 2.63. The van der Waals surface area contributed by atoms with Crippen LogP contribution in [0, 0.1) is 6.92 Å². The van der Waals surface area contributed by atoms with Crippen LogP contribution in [0.2, 0.25) is 0 Å². The van der Waals surface area contributed by atoms with Crippen LogP contribution in [-0.2, 0) is 6.54 Å². The van der Waals surface area contributed by atoms with E-state index in [1.54, 1.807) is 0 Å². The van der Waals surface area contributed by atoms with Crippen LogP contribution in [0.3, 0.4) is 0 Å². The molecule has 0 aliphatic rings. The maximum absolute atomic E-state index is 4.33. The largest absolute Gasteiger partial charge is 0.346 e. The van der Waals surface area contributed by atoms with Gasteiger partial charge >= 0.3 is 0 Å². The molecule has 0 saturated heterocycles. The number of pyridine rings is 1. The second-order valence-electron chi connectivity index (χ2n) is 3.02. The number of hydrogen-bond acceptors (Lipinski definition) is 1. The molecule has 0 N–H and O–H groups in total. The molecule has 0 bridgehead atoms. The van der Waals surface area contributed by atoms with Gasteiger partial charge in [-0.1, -0.05) is 0 Å². The summed E-state index contributed by atoms with van der Waals surface area (Å²) >= 11 is 0. The van der Waals surface area contributed by atoms with E-state index < -0.39 is 0 Å². The number of rotatable bonds is 1. The van der Waals surface area contributed by atoms with Crippen molar-refractivity contribution in [2.45, 2.75) is 20.4 Å². The van der Waals surface area contributed by atoms with Gasteiger partial charge in [0.1, 0.15) is 0 Å². The summed E-state index contributed by atoms with van der Waals surface area (Å²) in [7, 11) is 0. The van der Waals surface area contributed by atoms with Crippen molar-refractivity contribution in [1.82, 2.24) is 9.55 Å². The summed E-state index contributed by atoms with van der Waals surface area (Å²) in [5, 5.41) is 0. The van der Waals surface area contributed by atoms with Crippen LogP contribution in [0.5, 0.6) is 0 Å². The summed E-state index contributed by atoms with van der Waals surface area (Å²) in [5.74, 6) is 0. The monoisotopic (exact) mass is 160 g/mol. The number of fused-ring (bicyclic) bond motifs is 1. The van der Waals surface area contributed by atoms with Crippen molar-refractivity contribution in [3.8, 4) is 0 Å². The van der Waals surface area contributed by atoms with Crippen LogP contribution in [0.1, 0.15) is 12.5 Å². The molecule has 2 heteroatoms. The van der Waals surface area contributed by atoms with Crippen LogP contribution in [0.15, 0.2) is 24.5 Å². The van der Waals surface area contributed by atoms with E-state index in [2.05, 4.69) is 41.7 Å². The maximum atomic E-state index is 4.33. The zero-order valence-electron chi connectivity index (χ0n) is 7.41. The lowest BCUT2D eigenvalue weighted by Gasteiger charge is -1.99. The number of hydrogen-bond donors (Lipinski definition) is 0. The Morgan fingerprint density at radius 3 is 3.08 bits per heavy atom. The summed E-state index contributed by atoms with van der Waals surface area (Å²) < 4.78 is 2.20. The molecule has 2 aromatic rings. The lowest BCUT2D eigenvalue weighted by atomic mass is 10.3. The van der Waals surface area contributed by atoms with Crippen LogP contribution in [0.25, 0.3) is 11.0 Å². The highest BCUT2D eigenvalue weighted by molar-refractivity contribution is 5.76. The number of aromatic nitrogens is 2. The molecule has 2 nitrogen and oxygen atoms in total. The predicted octanol–water partition coefficient (Wildman–Crippen LogP) is 2.36. The van der Waals surface area contributed by atoms with Crippen molar-refractivity contribution in [2.75, 3.05) is 0 Å². The van der Waals surface area contributed by atoms with Crippen LogP contribution < -0.4 is 0 Å². The Kier molecular flexibility index (Phi) is 1.61. The average molecular weight is 160 g/mol. The highest BCUT2D eigenvalue weighted by atomic mass is 15.0. The van der Waals surface area contributed by atoms with Gasteiger partial charge in [0.05, 0.1) is 11.0 Å². The highest BCUT2D eigenvalue weighted by Crippen LogP contribution is 2.13. The van der Waals surface area contributed by atoms with Gasteiger partial charge in [-0.05, 0) is 31.5 Å². The van der Waals surface area contributed by atoms with E-state index in [1.807, 2.05) is 6.20 Å². The molecule has 2 heterocycles. The minimum absolute atomic E-state index is 1.01. The minimum Gasteiger partial charge on any atom is -0.346 e. The van der Waals surface area contributed by atoms with Gasteiger partial charge in [0.25, 0.3) is 0 Å². The molecular formula is C10H12N2. The molecule has 12 heavy (non-hydrogen) atoms. The van der Waals surface area contributed by atoms with Gasteiger partial charge in [-0.15, -0.1) is 0 Å². The van der Waals surface area contributed by atoms with E-state index in [0.717, 1.165) is 12.1 Å². The van der Waals surface area contributed by atoms with Gasteiger partial charge in [-0.3, -0.25) is 4.98 Å². The van der Waals surface area contributed by atoms with E-state index in [-0.39, 0.29) is 0 Å². The Labute approximate surface area is 71.8 Å². The first kappa shape index (κ1) is 7.35. The smallest absolute Gasteiger partial charge is 0.0881 e.